The highest BCUT2D eigenvalue weighted by Gasteiger charge is 2.35. The number of nitrogens with one attached hydrogen (secondary N) is 1. The first-order chi connectivity index (χ1) is 6.30. The van der Waals surface area contributed by atoms with Crippen molar-refractivity contribution in [1.82, 2.24) is 10.2 Å². The van der Waals surface area contributed by atoms with Crippen molar-refractivity contribution in [2.75, 3.05) is 6.54 Å². The number of carbonyl (C=O) groups excluding carboxylic acids is 1. The van der Waals surface area contributed by atoms with Crippen molar-refractivity contribution in [2.45, 2.75) is 58.7 Å². The van der Waals surface area contributed by atoms with Crippen LogP contribution in [0.25, 0.3) is 0 Å². The van der Waals surface area contributed by atoms with Gasteiger partial charge in [0.25, 0.3) is 0 Å². The topological polar surface area (TPSA) is 32.3 Å². The van der Waals surface area contributed by atoms with E-state index in [0.717, 1.165) is 13.0 Å². The molecule has 0 radical (unpaired) electrons. The van der Waals surface area contributed by atoms with Crippen molar-refractivity contribution in [2.24, 2.45) is 0 Å². The lowest BCUT2D eigenvalue weighted by Gasteiger charge is -2.35. The highest BCUT2D eigenvalue weighted by molar-refractivity contribution is 5.73. The summed E-state index contributed by atoms with van der Waals surface area (Å²) in [6, 6.07) is 0.897. The van der Waals surface area contributed by atoms with E-state index < -0.39 is 0 Å². The molecule has 3 heteroatoms. The predicted molar refractivity (Wildman–Crippen MR) is 58.1 cm³/mol. The molecule has 0 unspecified atom stereocenters. The Hall–Kier alpha value is -0.570. The summed E-state index contributed by atoms with van der Waals surface area (Å²) in [6.45, 7) is 11.5. The molecular formula is C11H22N2O. The van der Waals surface area contributed by atoms with Crippen LogP contribution in [0.3, 0.4) is 0 Å². The van der Waals surface area contributed by atoms with E-state index in [4.69, 9.17) is 0 Å². The van der Waals surface area contributed by atoms with E-state index in [-0.39, 0.29) is 11.4 Å². The van der Waals surface area contributed by atoms with E-state index in [0.29, 0.717) is 12.1 Å². The lowest BCUT2D eigenvalue weighted by atomic mass is 10.1. The largest absolute Gasteiger partial charge is 0.352 e. The number of amides is 1. The van der Waals surface area contributed by atoms with Crippen LogP contribution < -0.4 is 5.32 Å². The van der Waals surface area contributed by atoms with E-state index in [1.807, 2.05) is 0 Å². The van der Waals surface area contributed by atoms with Gasteiger partial charge in [-0.05, 0) is 34.1 Å². The predicted octanol–water partition coefficient (Wildman–Crippen LogP) is 1.38. The van der Waals surface area contributed by atoms with Crippen LogP contribution in [0.15, 0.2) is 0 Å². The number of carbonyl (C=O) groups is 1. The molecule has 0 saturated carbocycles. The van der Waals surface area contributed by atoms with Gasteiger partial charge in [0, 0.05) is 31.1 Å². The van der Waals surface area contributed by atoms with Gasteiger partial charge in [0.15, 0.2) is 0 Å². The van der Waals surface area contributed by atoms with E-state index in [9.17, 15) is 4.79 Å². The van der Waals surface area contributed by atoms with Crippen LogP contribution in [-0.2, 0) is 4.79 Å². The second kappa shape index (κ2) is 3.89. The van der Waals surface area contributed by atoms with Crippen LogP contribution in [0.1, 0.15) is 41.0 Å². The summed E-state index contributed by atoms with van der Waals surface area (Å²) in [5.74, 6) is 0.0814. The van der Waals surface area contributed by atoms with Gasteiger partial charge in [-0.15, -0.1) is 0 Å². The van der Waals surface area contributed by atoms with Crippen molar-refractivity contribution in [1.29, 1.82) is 0 Å². The molecule has 3 nitrogen and oxygen atoms in total. The third kappa shape index (κ3) is 2.71. The third-order valence-corrected chi connectivity index (χ3v) is 2.84. The Bertz CT molecular complexity index is 220. The highest BCUT2D eigenvalue weighted by Crippen LogP contribution is 2.26. The van der Waals surface area contributed by atoms with Gasteiger partial charge >= 0.3 is 0 Å². The first-order valence-corrected chi connectivity index (χ1v) is 5.34. The molecule has 0 bridgehead atoms. The average molecular weight is 198 g/mol. The molecule has 1 heterocycles. The molecule has 0 aromatic rings. The zero-order valence-electron chi connectivity index (χ0n) is 9.92. The molecule has 0 aliphatic carbocycles. The van der Waals surface area contributed by atoms with Crippen molar-refractivity contribution in [3.05, 3.63) is 0 Å². The van der Waals surface area contributed by atoms with E-state index >= 15 is 0 Å². The molecule has 0 aromatic carbocycles. The molecular weight excluding hydrogens is 176 g/mol. The van der Waals surface area contributed by atoms with Gasteiger partial charge < -0.3 is 5.32 Å². The summed E-state index contributed by atoms with van der Waals surface area (Å²) in [7, 11) is 0. The normalized spacial score (nSPS) is 29.2. The Balaban J connectivity index is 2.56. The maximum Gasteiger partial charge on any atom is 0.217 e. The Morgan fingerprint density at radius 3 is 2.36 bits per heavy atom. The molecule has 1 aliphatic heterocycles. The molecule has 1 amide bonds. The van der Waals surface area contributed by atoms with Crippen molar-refractivity contribution >= 4 is 5.91 Å². The third-order valence-electron chi connectivity index (χ3n) is 2.84. The number of hydrogen-bond acceptors (Lipinski definition) is 2. The SMILES string of the molecule is CC(=O)N[C@H]1C[C@@H](C)N(C(C)(C)C)C1. The molecule has 1 fully saturated rings. The Morgan fingerprint density at radius 1 is 1.43 bits per heavy atom. The maximum atomic E-state index is 10.9. The second-order valence-corrected chi connectivity index (χ2v) is 5.31. The monoisotopic (exact) mass is 198 g/mol. The molecule has 14 heavy (non-hydrogen) atoms. The summed E-state index contributed by atoms with van der Waals surface area (Å²) >= 11 is 0. The first-order valence-electron chi connectivity index (χ1n) is 5.34. The fourth-order valence-electron chi connectivity index (χ4n) is 2.36. The maximum absolute atomic E-state index is 10.9. The number of rotatable bonds is 1. The minimum Gasteiger partial charge on any atom is -0.352 e. The first kappa shape index (κ1) is 11.5. The van der Waals surface area contributed by atoms with Gasteiger partial charge in [-0.2, -0.15) is 0 Å². The average Bonchev–Trinajstić information content (AvgIpc) is 2.27. The van der Waals surface area contributed by atoms with Crippen LogP contribution in [0, 0.1) is 0 Å². The van der Waals surface area contributed by atoms with Gasteiger partial charge in [0.1, 0.15) is 0 Å². The fourth-order valence-corrected chi connectivity index (χ4v) is 2.36. The van der Waals surface area contributed by atoms with Crippen LogP contribution in [0.2, 0.25) is 0 Å². The Labute approximate surface area is 86.9 Å². The van der Waals surface area contributed by atoms with Crippen molar-refractivity contribution in [3.8, 4) is 0 Å². The van der Waals surface area contributed by atoms with E-state index in [1.54, 1.807) is 6.92 Å². The molecule has 1 rings (SSSR count). The van der Waals surface area contributed by atoms with Crippen LogP contribution in [0.5, 0.6) is 0 Å². The van der Waals surface area contributed by atoms with Crippen LogP contribution in [-0.4, -0.2) is 35.0 Å². The van der Waals surface area contributed by atoms with E-state index in [2.05, 4.69) is 37.9 Å². The molecule has 1 N–H and O–H groups in total. The van der Waals surface area contributed by atoms with Crippen molar-refractivity contribution < 1.29 is 4.79 Å². The lowest BCUT2D eigenvalue weighted by molar-refractivity contribution is -0.119. The summed E-state index contributed by atoms with van der Waals surface area (Å²) in [6.07, 6.45) is 1.07. The molecule has 1 aliphatic rings. The van der Waals surface area contributed by atoms with E-state index in [1.165, 1.54) is 0 Å². The molecule has 0 spiro atoms. The summed E-state index contributed by atoms with van der Waals surface area (Å²) in [5, 5.41) is 2.99. The fraction of sp³-hybridized carbons (Fsp3) is 0.909. The van der Waals surface area contributed by atoms with Gasteiger partial charge in [0.2, 0.25) is 5.91 Å². The Kier molecular flexibility index (Phi) is 3.20. The Morgan fingerprint density at radius 2 is 2.00 bits per heavy atom. The summed E-state index contributed by atoms with van der Waals surface area (Å²) in [4.78, 5) is 13.4. The molecule has 1 saturated heterocycles. The zero-order chi connectivity index (χ0) is 10.9. The second-order valence-electron chi connectivity index (χ2n) is 5.31. The molecule has 2 atom stereocenters. The quantitative estimate of drug-likeness (QED) is 0.690. The number of likely N-dealkylation sites (tertiary alicyclic amines) is 1. The summed E-state index contributed by atoms with van der Waals surface area (Å²) < 4.78 is 0. The van der Waals surface area contributed by atoms with Crippen LogP contribution >= 0.6 is 0 Å². The minimum absolute atomic E-state index is 0.0814. The number of hydrogen-bond donors (Lipinski definition) is 1. The zero-order valence-corrected chi connectivity index (χ0v) is 9.92. The highest BCUT2D eigenvalue weighted by atomic mass is 16.1. The van der Waals surface area contributed by atoms with Gasteiger partial charge in [0.05, 0.1) is 0 Å². The molecule has 0 aromatic heterocycles. The number of nitrogens with zero attached hydrogens (tertiary/aromatic N) is 1. The molecule has 82 valence electrons. The standard InChI is InChI=1S/C11H22N2O/c1-8-6-10(12-9(2)14)7-13(8)11(3,4)5/h8,10H,6-7H2,1-5H3,(H,12,14)/t8-,10+/m1/s1. The minimum atomic E-state index is 0.0814. The lowest BCUT2D eigenvalue weighted by Crippen LogP contribution is -2.45. The van der Waals surface area contributed by atoms with Crippen LogP contribution in [0.4, 0.5) is 0 Å². The van der Waals surface area contributed by atoms with Gasteiger partial charge in [-0.3, -0.25) is 9.69 Å². The van der Waals surface area contributed by atoms with Gasteiger partial charge in [-0.25, -0.2) is 0 Å². The summed E-state index contributed by atoms with van der Waals surface area (Å²) in [5.41, 5.74) is 0.201. The smallest absolute Gasteiger partial charge is 0.217 e. The van der Waals surface area contributed by atoms with Gasteiger partial charge in [-0.1, -0.05) is 0 Å². The van der Waals surface area contributed by atoms with Crippen molar-refractivity contribution in [3.63, 3.8) is 0 Å².